The Morgan fingerprint density at radius 1 is 1.50 bits per heavy atom. The van der Waals surface area contributed by atoms with Gasteiger partial charge in [-0.25, -0.2) is 0 Å². The summed E-state index contributed by atoms with van der Waals surface area (Å²) in [6.45, 7) is 3.56. The topological polar surface area (TPSA) is 12.0 Å². The van der Waals surface area contributed by atoms with Crippen LogP contribution in [0.5, 0.6) is 0 Å². The van der Waals surface area contributed by atoms with E-state index >= 15 is 0 Å². The predicted octanol–water partition coefficient (Wildman–Crippen LogP) is 2.52. The average molecular weight is 187 g/mol. The minimum atomic E-state index is 0.720. The van der Waals surface area contributed by atoms with Crippen molar-refractivity contribution in [1.29, 1.82) is 0 Å². The summed E-state index contributed by atoms with van der Waals surface area (Å²) in [4.78, 5) is 0. The van der Waals surface area contributed by atoms with E-state index in [4.69, 9.17) is 0 Å². The van der Waals surface area contributed by atoms with E-state index in [1.807, 2.05) is 11.8 Å². The Morgan fingerprint density at radius 3 is 2.75 bits per heavy atom. The van der Waals surface area contributed by atoms with Gasteiger partial charge in [0.25, 0.3) is 0 Å². The van der Waals surface area contributed by atoms with Gasteiger partial charge >= 0.3 is 0 Å². The summed E-state index contributed by atoms with van der Waals surface area (Å²) in [5.74, 6) is 2.29. The van der Waals surface area contributed by atoms with Crippen molar-refractivity contribution < 1.29 is 0 Å². The second-order valence-electron chi connectivity index (χ2n) is 3.89. The zero-order chi connectivity index (χ0) is 8.81. The fraction of sp³-hybridized carbons (Fsp3) is 1.00. The van der Waals surface area contributed by atoms with E-state index in [9.17, 15) is 0 Å². The highest BCUT2D eigenvalue weighted by molar-refractivity contribution is 7.98. The highest BCUT2D eigenvalue weighted by Gasteiger charge is 2.17. The van der Waals surface area contributed by atoms with Gasteiger partial charge in [0, 0.05) is 6.04 Å². The van der Waals surface area contributed by atoms with E-state index in [1.54, 1.807) is 0 Å². The van der Waals surface area contributed by atoms with Crippen molar-refractivity contribution in [2.24, 2.45) is 5.92 Å². The van der Waals surface area contributed by atoms with Crippen molar-refractivity contribution in [3.8, 4) is 0 Å². The molecule has 2 heteroatoms. The molecule has 0 aromatic heterocycles. The van der Waals surface area contributed by atoms with Crippen molar-refractivity contribution in [3.63, 3.8) is 0 Å². The number of hydrogen-bond acceptors (Lipinski definition) is 2. The Morgan fingerprint density at radius 2 is 2.25 bits per heavy atom. The molecule has 1 aliphatic carbocycles. The van der Waals surface area contributed by atoms with Crippen LogP contribution in [0.15, 0.2) is 0 Å². The predicted molar refractivity (Wildman–Crippen MR) is 57.8 cm³/mol. The summed E-state index contributed by atoms with van der Waals surface area (Å²) < 4.78 is 0. The lowest BCUT2D eigenvalue weighted by atomic mass is 9.85. The molecule has 0 saturated heterocycles. The van der Waals surface area contributed by atoms with E-state index in [0.717, 1.165) is 12.0 Å². The van der Waals surface area contributed by atoms with Gasteiger partial charge < -0.3 is 5.32 Å². The Labute approximate surface area is 80.7 Å². The third-order valence-corrected chi connectivity index (χ3v) is 3.38. The number of nitrogens with one attached hydrogen (secondary N) is 1. The molecule has 1 atom stereocenters. The molecule has 72 valence electrons. The summed E-state index contributed by atoms with van der Waals surface area (Å²) in [7, 11) is 0. The van der Waals surface area contributed by atoms with Crippen LogP contribution in [0.2, 0.25) is 0 Å². The van der Waals surface area contributed by atoms with Gasteiger partial charge in [-0.2, -0.15) is 11.8 Å². The lowest BCUT2D eigenvalue weighted by molar-refractivity contribution is 0.290. The van der Waals surface area contributed by atoms with Crippen molar-refractivity contribution in [3.05, 3.63) is 0 Å². The van der Waals surface area contributed by atoms with Gasteiger partial charge in [-0.3, -0.25) is 0 Å². The minimum Gasteiger partial charge on any atom is -0.314 e. The zero-order valence-corrected chi connectivity index (χ0v) is 9.12. The lowest BCUT2D eigenvalue weighted by Gasteiger charge is -2.27. The zero-order valence-electron chi connectivity index (χ0n) is 8.31. The van der Waals surface area contributed by atoms with Crippen LogP contribution >= 0.6 is 11.8 Å². The molecule has 0 radical (unpaired) electrons. The van der Waals surface area contributed by atoms with Crippen molar-refractivity contribution in [2.75, 3.05) is 18.6 Å². The van der Waals surface area contributed by atoms with Crippen LogP contribution in [0.3, 0.4) is 0 Å². The Bertz CT molecular complexity index is 112. The normalized spacial score (nSPS) is 20.5. The first kappa shape index (κ1) is 10.4. The number of thioether (sulfide) groups is 1. The van der Waals surface area contributed by atoms with Crippen LogP contribution in [0.25, 0.3) is 0 Å². The van der Waals surface area contributed by atoms with Gasteiger partial charge in [-0.15, -0.1) is 0 Å². The summed E-state index contributed by atoms with van der Waals surface area (Å²) in [6, 6.07) is 0.720. The van der Waals surface area contributed by atoms with Gasteiger partial charge in [0.1, 0.15) is 0 Å². The Hall–Kier alpha value is 0.310. The molecule has 0 bridgehead atoms. The highest BCUT2D eigenvalue weighted by atomic mass is 32.2. The molecule has 1 fully saturated rings. The van der Waals surface area contributed by atoms with E-state index < -0.39 is 0 Å². The molecule has 1 N–H and O–H groups in total. The molecule has 1 nitrogen and oxygen atoms in total. The summed E-state index contributed by atoms with van der Waals surface area (Å²) in [5, 5.41) is 3.61. The average Bonchev–Trinajstić information content (AvgIpc) is 1.98. The molecule has 0 heterocycles. The molecular formula is C10H21NS. The molecule has 0 amide bonds. The first-order valence-electron chi connectivity index (χ1n) is 5.05. The smallest absolute Gasteiger partial charge is 0.00466 e. The molecule has 12 heavy (non-hydrogen) atoms. The summed E-state index contributed by atoms with van der Waals surface area (Å²) >= 11 is 1.94. The van der Waals surface area contributed by atoms with Gasteiger partial charge in [0.15, 0.2) is 0 Å². The van der Waals surface area contributed by atoms with Crippen LogP contribution in [-0.2, 0) is 0 Å². The molecule has 0 spiro atoms. The number of rotatable bonds is 6. The minimum absolute atomic E-state index is 0.720. The second kappa shape index (κ2) is 5.87. The van der Waals surface area contributed by atoms with Gasteiger partial charge in [0.2, 0.25) is 0 Å². The maximum atomic E-state index is 3.61. The summed E-state index contributed by atoms with van der Waals surface area (Å²) in [5.41, 5.74) is 0. The van der Waals surface area contributed by atoms with E-state index in [2.05, 4.69) is 18.5 Å². The monoisotopic (exact) mass is 187 g/mol. The van der Waals surface area contributed by atoms with E-state index in [1.165, 1.54) is 38.0 Å². The maximum Gasteiger partial charge on any atom is 0.00466 e. The van der Waals surface area contributed by atoms with Crippen molar-refractivity contribution in [1.82, 2.24) is 5.32 Å². The molecule has 1 rings (SSSR count). The van der Waals surface area contributed by atoms with Crippen LogP contribution in [0.1, 0.15) is 32.6 Å². The summed E-state index contributed by atoms with van der Waals surface area (Å²) in [6.07, 6.45) is 7.88. The number of hydrogen-bond donors (Lipinski definition) is 1. The SMILES string of the molecule is CSCCC(C)NCC1CCC1. The first-order chi connectivity index (χ1) is 5.83. The van der Waals surface area contributed by atoms with Crippen LogP contribution < -0.4 is 5.32 Å². The molecule has 1 aliphatic rings. The van der Waals surface area contributed by atoms with Crippen molar-refractivity contribution >= 4 is 11.8 Å². The third kappa shape index (κ3) is 3.81. The van der Waals surface area contributed by atoms with Gasteiger partial charge in [-0.1, -0.05) is 6.42 Å². The van der Waals surface area contributed by atoms with Crippen LogP contribution in [0.4, 0.5) is 0 Å². The second-order valence-corrected chi connectivity index (χ2v) is 4.87. The van der Waals surface area contributed by atoms with Crippen LogP contribution in [0, 0.1) is 5.92 Å². The quantitative estimate of drug-likeness (QED) is 0.686. The Balaban J connectivity index is 1.90. The first-order valence-corrected chi connectivity index (χ1v) is 6.44. The molecule has 0 aromatic rings. The van der Waals surface area contributed by atoms with E-state index in [0.29, 0.717) is 0 Å². The fourth-order valence-electron chi connectivity index (χ4n) is 1.46. The lowest BCUT2D eigenvalue weighted by Crippen LogP contribution is -2.34. The molecular weight excluding hydrogens is 166 g/mol. The van der Waals surface area contributed by atoms with Gasteiger partial charge in [0.05, 0.1) is 0 Å². The third-order valence-electron chi connectivity index (χ3n) is 2.73. The highest BCUT2D eigenvalue weighted by Crippen LogP contribution is 2.25. The van der Waals surface area contributed by atoms with Gasteiger partial charge in [-0.05, 0) is 50.7 Å². The molecule has 1 saturated carbocycles. The Kier molecular flexibility index (Phi) is 5.08. The van der Waals surface area contributed by atoms with E-state index in [-0.39, 0.29) is 0 Å². The molecule has 0 aromatic carbocycles. The van der Waals surface area contributed by atoms with Crippen molar-refractivity contribution in [2.45, 2.75) is 38.6 Å². The molecule has 0 aliphatic heterocycles. The fourth-order valence-corrected chi connectivity index (χ4v) is 2.05. The van der Waals surface area contributed by atoms with Crippen LogP contribution in [-0.4, -0.2) is 24.6 Å². The largest absolute Gasteiger partial charge is 0.314 e. The maximum absolute atomic E-state index is 3.61. The standard InChI is InChI=1S/C10H21NS/c1-9(6-7-12-2)11-8-10-4-3-5-10/h9-11H,3-8H2,1-2H3. The molecule has 1 unspecified atom stereocenters.